The van der Waals surface area contributed by atoms with Gasteiger partial charge < -0.3 is 0 Å². The van der Waals surface area contributed by atoms with Crippen LogP contribution in [0.3, 0.4) is 0 Å². The van der Waals surface area contributed by atoms with Crippen molar-refractivity contribution in [1.29, 1.82) is 0 Å². The van der Waals surface area contributed by atoms with E-state index in [-0.39, 0.29) is 0 Å². The largest absolute Gasteiger partial charge is 0.264 e. The third-order valence-electron chi connectivity index (χ3n) is 3.30. The second kappa shape index (κ2) is 8.32. The Morgan fingerprint density at radius 1 is 1.12 bits per heavy atom. The number of hydrogen-bond donors (Lipinski definition) is 0. The van der Waals surface area contributed by atoms with Crippen LogP contribution in [0.15, 0.2) is 24.5 Å². The van der Waals surface area contributed by atoms with E-state index in [1.165, 1.54) is 50.5 Å². The molecule has 0 aliphatic heterocycles. The van der Waals surface area contributed by atoms with Crippen LogP contribution >= 0.6 is 0 Å². The van der Waals surface area contributed by atoms with Crippen molar-refractivity contribution in [2.45, 2.75) is 64.7 Å². The van der Waals surface area contributed by atoms with Crippen molar-refractivity contribution >= 4 is 0 Å². The second-order valence-corrected chi connectivity index (χ2v) is 4.59. The van der Waals surface area contributed by atoms with Gasteiger partial charge in [0, 0.05) is 12.4 Å². The van der Waals surface area contributed by atoms with Gasteiger partial charge in [0.2, 0.25) is 0 Å². The van der Waals surface area contributed by atoms with Gasteiger partial charge >= 0.3 is 0 Å². The van der Waals surface area contributed by atoms with Crippen molar-refractivity contribution in [1.82, 2.24) is 4.98 Å². The number of unbranched alkanes of at least 4 members (excludes halogenated alkanes) is 4. The molecule has 0 aliphatic carbocycles. The van der Waals surface area contributed by atoms with Crippen molar-refractivity contribution in [3.63, 3.8) is 0 Å². The summed E-state index contributed by atoms with van der Waals surface area (Å²) in [6, 6.07) is 4.27. The normalized spacial score (nSPS) is 12.6. The minimum Gasteiger partial charge on any atom is -0.264 e. The zero-order valence-electron chi connectivity index (χ0n) is 10.8. The Labute approximate surface area is 100 Å². The highest BCUT2D eigenvalue weighted by Crippen LogP contribution is 2.25. The van der Waals surface area contributed by atoms with Crippen molar-refractivity contribution in [3.05, 3.63) is 30.1 Å². The summed E-state index contributed by atoms with van der Waals surface area (Å²) in [5.41, 5.74) is 1.42. The topological polar surface area (TPSA) is 12.9 Å². The molecule has 1 heterocycles. The SMILES string of the molecule is CCCCCCCC(CC)c1cccnc1. The van der Waals surface area contributed by atoms with Gasteiger partial charge in [-0.2, -0.15) is 0 Å². The molecule has 1 aromatic heterocycles. The van der Waals surface area contributed by atoms with Gasteiger partial charge in [0.05, 0.1) is 0 Å². The van der Waals surface area contributed by atoms with Crippen LogP contribution in [0, 0.1) is 0 Å². The van der Waals surface area contributed by atoms with Gasteiger partial charge in [0.15, 0.2) is 0 Å². The number of hydrogen-bond acceptors (Lipinski definition) is 1. The quantitative estimate of drug-likeness (QED) is 0.565. The molecule has 0 bridgehead atoms. The fraction of sp³-hybridized carbons (Fsp3) is 0.667. The first-order valence-corrected chi connectivity index (χ1v) is 6.78. The highest BCUT2D eigenvalue weighted by Gasteiger charge is 2.08. The van der Waals surface area contributed by atoms with Gasteiger partial charge in [0.1, 0.15) is 0 Å². The van der Waals surface area contributed by atoms with Crippen LogP contribution in [0.25, 0.3) is 0 Å². The Hall–Kier alpha value is -0.850. The molecule has 0 spiro atoms. The number of aromatic nitrogens is 1. The maximum Gasteiger partial charge on any atom is 0.0302 e. The standard InChI is InChI=1S/C15H25N/c1-3-5-6-7-8-10-14(4-2)15-11-9-12-16-13-15/h9,11-14H,3-8,10H2,1-2H3. The highest BCUT2D eigenvalue weighted by molar-refractivity contribution is 5.14. The summed E-state index contributed by atoms with van der Waals surface area (Å²) >= 11 is 0. The zero-order valence-corrected chi connectivity index (χ0v) is 10.8. The molecule has 1 heteroatoms. The number of pyridine rings is 1. The van der Waals surface area contributed by atoms with E-state index in [0.29, 0.717) is 0 Å². The predicted molar refractivity (Wildman–Crippen MR) is 70.6 cm³/mol. The summed E-state index contributed by atoms with van der Waals surface area (Å²) in [4.78, 5) is 4.21. The smallest absolute Gasteiger partial charge is 0.0302 e. The summed E-state index contributed by atoms with van der Waals surface area (Å²) in [5, 5.41) is 0. The lowest BCUT2D eigenvalue weighted by Crippen LogP contribution is -1.98. The van der Waals surface area contributed by atoms with Crippen LogP contribution in [0.2, 0.25) is 0 Å². The molecule has 0 radical (unpaired) electrons. The van der Waals surface area contributed by atoms with E-state index in [9.17, 15) is 0 Å². The van der Waals surface area contributed by atoms with Crippen molar-refractivity contribution in [2.75, 3.05) is 0 Å². The molecule has 0 fully saturated rings. The van der Waals surface area contributed by atoms with Crippen LogP contribution in [-0.2, 0) is 0 Å². The molecule has 0 saturated heterocycles. The Kier molecular flexibility index (Phi) is 6.87. The highest BCUT2D eigenvalue weighted by atomic mass is 14.6. The monoisotopic (exact) mass is 219 g/mol. The average molecular weight is 219 g/mol. The molecule has 1 unspecified atom stereocenters. The average Bonchev–Trinajstić information content (AvgIpc) is 2.35. The molecule has 0 amide bonds. The van der Waals surface area contributed by atoms with Gasteiger partial charge in [-0.05, 0) is 30.4 Å². The molecule has 90 valence electrons. The third kappa shape index (κ3) is 4.78. The Morgan fingerprint density at radius 3 is 2.56 bits per heavy atom. The van der Waals surface area contributed by atoms with Gasteiger partial charge in [-0.1, -0.05) is 52.0 Å². The molecule has 1 atom stereocenters. The summed E-state index contributed by atoms with van der Waals surface area (Å²) in [6.45, 7) is 4.55. The fourth-order valence-corrected chi connectivity index (χ4v) is 2.22. The molecule has 16 heavy (non-hydrogen) atoms. The van der Waals surface area contributed by atoms with Crippen LogP contribution in [0.5, 0.6) is 0 Å². The molecular weight excluding hydrogens is 194 g/mol. The molecule has 0 N–H and O–H groups in total. The molecule has 1 aromatic rings. The predicted octanol–water partition coefficient (Wildman–Crippen LogP) is 4.94. The first-order valence-electron chi connectivity index (χ1n) is 6.78. The van der Waals surface area contributed by atoms with Crippen LogP contribution in [0.4, 0.5) is 0 Å². The molecule has 1 nitrogen and oxygen atoms in total. The van der Waals surface area contributed by atoms with Crippen molar-refractivity contribution in [2.24, 2.45) is 0 Å². The third-order valence-corrected chi connectivity index (χ3v) is 3.30. The fourth-order valence-electron chi connectivity index (χ4n) is 2.22. The first-order chi connectivity index (χ1) is 7.88. The van der Waals surface area contributed by atoms with E-state index in [1.807, 2.05) is 12.4 Å². The van der Waals surface area contributed by atoms with Crippen LogP contribution in [-0.4, -0.2) is 4.98 Å². The molecule has 1 rings (SSSR count). The van der Waals surface area contributed by atoms with Gasteiger partial charge in [-0.15, -0.1) is 0 Å². The van der Waals surface area contributed by atoms with E-state index >= 15 is 0 Å². The Balaban J connectivity index is 2.27. The maximum atomic E-state index is 4.21. The van der Waals surface area contributed by atoms with Crippen LogP contribution in [0.1, 0.15) is 70.3 Å². The molecule has 0 saturated carbocycles. The van der Waals surface area contributed by atoms with E-state index in [2.05, 4.69) is 31.0 Å². The van der Waals surface area contributed by atoms with E-state index in [0.717, 1.165) is 5.92 Å². The second-order valence-electron chi connectivity index (χ2n) is 4.59. The summed E-state index contributed by atoms with van der Waals surface area (Å²) < 4.78 is 0. The van der Waals surface area contributed by atoms with Gasteiger partial charge in [-0.3, -0.25) is 4.98 Å². The first kappa shape index (κ1) is 13.2. The van der Waals surface area contributed by atoms with E-state index < -0.39 is 0 Å². The number of nitrogens with zero attached hydrogens (tertiary/aromatic N) is 1. The lowest BCUT2D eigenvalue weighted by molar-refractivity contribution is 0.534. The molecule has 0 aromatic carbocycles. The zero-order chi connectivity index (χ0) is 11.6. The Bertz CT molecular complexity index is 255. The van der Waals surface area contributed by atoms with Crippen molar-refractivity contribution in [3.8, 4) is 0 Å². The van der Waals surface area contributed by atoms with Gasteiger partial charge in [0.25, 0.3) is 0 Å². The summed E-state index contributed by atoms with van der Waals surface area (Å²) in [6.07, 6.45) is 13.3. The van der Waals surface area contributed by atoms with Gasteiger partial charge in [-0.25, -0.2) is 0 Å². The molecule has 0 aliphatic rings. The van der Waals surface area contributed by atoms with E-state index in [4.69, 9.17) is 0 Å². The molecular formula is C15H25N. The Morgan fingerprint density at radius 2 is 1.94 bits per heavy atom. The maximum absolute atomic E-state index is 4.21. The van der Waals surface area contributed by atoms with Crippen LogP contribution < -0.4 is 0 Å². The summed E-state index contributed by atoms with van der Waals surface area (Å²) in [5.74, 6) is 0.718. The van der Waals surface area contributed by atoms with E-state index in [1.54, 1.807) is 0 Å². The minimum absolute atomic E-state index is 0.718. The van der Waals surface area contributed by atoms with Crippen molar-refractivity contribution < 1.29 is 0 Å². The lowest BCUT2D eigenvalue weighted by Gasteiger charge is -2.14. The number of rotatable bonds is 8. The minimum atomic E-state index is 0.718. The lowest BCUT2D eigenvalue weighted by atomic mass is 9.92. The summed E-state index contributed by atoms with van der Waals surface area (Å²) in [7, 11) is 0.